The lowest BCUT2D eigenvalue weighted by Crippen LogP contribution is -1.83. The van der Waals surface area contributed by atoms with Crippen molar-refractivity contribution in [2.45, 2.75) is 0 Å². The van der Waals surface area contributed by atoms with Crippen molar-refractivity contribution < 1.29 is 0 Å². The van der Waals surface area contributed by atoms with E-state index in [-0.39, 0.29) is 0 Å². The number of thiophene rings is 1. The third kappa shape index (κ3) is 2.89. The topological polar surface area (TPSA) is 23.8 Å². The van der Waals surface area contributed by atoms with Crippen molar-refractivity contribution in [3.8, 4) is 6.07 Å². The smallest absolute Gasteiger partial charge is 0.102 e. The van der Waals surface area contributed by atoms with Gasteiger partial charge in [-0.3, -0.25) is 0 Å². The van der Waals surface area contributed by atoms with Crippen LogP contribution in [-0.2, 0) is 0 Å². The van der Waals surface area contributed by atoms with Gasteiger partial charge < -0.3 is 0 Å². The van der Waals surface area contributed by atoms with E-state index in [0.29, 0.717) is 10.6 Å². The molecule has 0 aliphatic heterocycles. The maximum absolute atomic E-state index is 9.20. The molecule has 1 aromatic carbocycles. The fraction of sp³-hybridized carbons (Fsp3) is 0. The monoisotopic (exact) mass is 371 g/mol. The van der Waals surface area contributed by atoms with Crippen LogP contribution in [0.4, 0.5) is 0 Å². The van der Waals surface area contributed by atoms with Gasteiger partial charge in [0.1, 0.15) is 6.07 Å². The standard InChI is InChI=1S/C13H7ClINS/c14-13(9-3-5-10(15)6-4-9)11(8-16)12-2-1-7-17-12/h1-7H/b13-11-. The number of allylic oxidation sites excluding steroid dienone is 1. The number of nitriles is 1. The van der Waals surface area contributed by atoms with E-state index in [9.17, 15) is 5.26 Å². The summed E-state index contributed by atoms with van der Waals surface area (Å²) in [7, 11) is 0. The van der Waals surface area contributed by atoms with Crippen LogP contribution in [0.2, 0.25) is 0 Å². The molecule has 1 heterocycles. The molecule has 1 nitrogen and oxygen atoms in total. The summed E-state index contributed by atoms with van der Waals surface area (Å²) in [6.07, 6.45) is 0. The van der Waals surface area contributed by atoms with E-state index < -0.39 is 0 Å². The summed E-state index contributed by atoms with van der Waals surface area (Å²) in [5.74, 6) is 0. The van der Waals surface area contributed by atoms with E-state index in [1.54, 1.807) is 0 Å². The number of halogens is 2. The third-order valence-electron chi connectivity index (χ3n) is 2.20. The Balaban J connectivity index is 2.50. The van der Waals surface area contributed by atoms with E-state index in [1.807, 2.05) is 41.8 Å². The predicted molar refractivity (Wildman–Crippen MR) is 81.8 cm³/mol. The van der Waals surface area contributed by atoms with Crippen molar-refractivity contribution >= 4 is 56.1 Å². The highest BCUT2D eigenvalue weighted by molar-refractivity contribution is 14.1. The van der Waals surface area contributed by atoms with Gasteiger partial charge in [-0.25, -0.2) is 0 Å². The van der Waals surface area contributed by atoms with Crippen molar-refractivity contribution in [3.05, 3.63) is 55.8 Å². The van der Waals surface area contributed by atoms with Crippen LogP contribution in [0.25, 0.3) is 10.6 Å². The van der Waals surface area contributed by atoms with E-state index in [0.717, 1.165) is 14.0 Å². The number of hydrogen-bond acceptors (Lipinski definition) is 2. The van der Waals surface area contributed by atoms with Gasteiger partial charge in [0.05, 0.1) is 10.6 Å². The maximum atomic E-state index is 9.20. The molecule has 0 radical (unpaired) electrons. The van der Waals surface area contributed by atoms with Gasteiger partial charge in [-0.1, -0.05) is 29.8 Å². The zero-order valence-corrected chi connectivity index (χ0v) is 12.4. The molecule has 0 aliphatic carbocycles. The number of benzene rings is 1. The quantitative estimate of drug-likeness (QED) is 0.539. The zero-order valence-electron chi connectivity index (χ0n) is 8.65. The summed E-state index contributed by atoms with van der Waals surface area (Å²) in [6.45, 7) is 0. The second kappa shape index (κ2) is 5.67. The second-order valence-corrected chi connectivity index (χ2v) is 5.86. The van der Waals surface area contributed by atoms with Crippen LogP contribution < -0.4 is 0 Å². The molecule has 0 saturated carbocycles. The first-order chi connectivity index (χ1) is 8.22. The minimum absolute atomic E-state index is 0.506. The molecule has 0 saturated heterocycles. The summed E-state index contributed by atoms with van der Waals surface area (Å²) < 4.78 is 1.14. The molecule has 0 atom stereocenters. The minimum Gasteiger partial charge on any atom is -0.192 e. The van der Waals surface area contributed by atoms with E-state index in [2.05, 4.69) is 28.7 Å². The van der Waals surface area contributed by atoms with E-state index >= 15 is 0 Å². The Morgan fingerprint density at radius 1 is 1.24 bits per heavy atom. The maximum Gasteiger partial charge on any atom is 0.102 e. The Morgan fingerprint density at radius 3 is 2.47 bits per heavy atom. The highest BCUT2D eigenvalue weighted by Crippen LogP contribution is 2.31. The summed E-state index contributed by atoms with van der Waals surface area (Å²) in [4.78, 5) is 0.899. The highest BCUT2D eigenvalue weighted by Gasteiger charge is 2.10. The molecule has 0 amide bonds. The minimum atomic E-state index is 0.506. The SMILES string of the molecule is N#C/C(=C(/Cl)c1ccc(I)cc1)c1cccs1. The van der Waals surface area contributed by atoms with Gasteiger partial charge in [0.25, 0.3) is 0 Å². The summed E-state index contributed by atoms with van der Waals surface area (Å²) in [6, 6.07) is 13.8. The van der Waals surface area contributed by atoms with Crippen LogP contribution in [0.15, 0.2) is 41.8 Å². The Kier molecular flexibility index (Phi) is 4.21. The van der Waals surface area contributed by atoms with Crippen molar-refractivity contribution in [2.75, 3.05) is 0 Å². The Bertz CT molecular complexity index is 579. The fourth-order valence-electron chi connectivity index (χ4n) is 1.37. The summed E-state index contributed by atoms with van der Waals surface area (Å²) >= 11 is 10.0. The summed E-state index contributed by atoms with van der Waals surface area (Å²) in [5.41, 5.74) is 1.40. The van der Waals surface area contributed by atoms with Gasteiger partial charge in [0.15, 0.2) is 0 Å². The molecule has 2 aromatic rings. The molecule has 0 N–H and O–H groups in total. The van der Waals surface area contributed by atoms with Gasteiger partial charge in [-0.15, -0.1) is 11.3 Å². The first-order valence-corrected chi connectivity index (χ1v) is 7.15. The van der Waals surface area contributed by atoms with Gasteiger partial charge in [-0.2, -0.15) is 5.26 Å². The molecule has 1 aromatic heterocycles. The largest absolute Gasteiger partial charge is 0.192 e. The van der Waals surface area contributed by atoms with Crippen LogP contribution in [0, 0.1) is 14.9 Å². The highest BCUT2D eigenvalue weighted by atomic mass is 127. The van der Waals surface area contributed by atoms with Crippen LogP contribution in [0.1, 0.15) is 10.4 Å². The summed E-state index contributed by atoms with van der Waals surface area (Å²) in [5, 5.41) is 11.6. The zero-order chi connectivity index (χ0) is 12.3. The van der Waals surface area contributed by atoms with Crippen molar-refractivity contribution in [1.29, 1.82) is 5.26 Å². The Labute approximate surface area is 122 Å². The fourth-order valence-corrected chi connectivity index (χ4v) is 2.79. The average molecular weight is 372 g/mol. The predicted octanol–water partition coefficient (Wildman–Crippen LogP) is 4.98. The van der Waals surface area contributed by atoms with Crippen LogP contribution >= 0.6 is 45.5 Å². The lowest BCUT2D eigenvalue weighted by atomic mass is 10.1. The van der Waals surface area contributed by atoms with E-state index in [1.165, 1.54) is 11.3 Å². The molecule has 17 heavy (non-hydrogen) atoms. The van der Waals surface area contributed by atoms with Gasteiger partial charge in [0, 0.05) is 8.45 Å². The molecule has 84 valence electrons. The van der Waals surface area contributed by atoms with Crippen LogP contribution in [0.3, 0.4) is 0 Å². The van der Waals surface area contributed by atoms with Gasteiger partial charge in [-0.05, 0) is 51.7 Å². The van der Waals surface area contributed by atoms with Crippen LogP contribution in [-0.4, -0.2) is 0 Å². The lowest BCUT2D eigenvalue weighted by Gasteiger charge is -2.02. The molecule has 0 bridgehead atoms. The third-order valence-corrected chi connectivity index (χ3v) is 4.21. The van der Waals surface area contributed by atoms with Gasteiger partial charge in [0.2, 0.25) is 0 Å². The first-order valence-electron chi connectivity index (χ1n) is 4.82. The van der Waals surface area contributed by atoms with Gasteiger partial charge >= 0.3 is 0 Å². The normalized spacial score (nSPS) is 11.8. The molecule has 4 heteroatoms. The molecule has 0 spiro atoms. The second-order valence-electron chi connectivity index (χ2n) is 3.28. The van der Waals surface area contributed by atoms with Crippen LogP contribution in [0.5, 0.6) is 0 Å². The first kappa shape index (κ1) is 12.6. The van der Waals surface area contributed by atoms with Crippen molar-refractivity contribution in [2.24, 2.45) is 0 Å². The average Bonchev–Trinajstić information content (AvgIpc) is 2.84. The molecular formula is C13H7ClINS. The number of rotatable bonds is 2. The molecule has 2 rings (SSSR count). The van der Waals surface area contributed by atoms with Crippen molar-refractivity contribution in [1.82, 2.24) is 0 Å². The lowest BCUT2D eigenvalue weighted by molar-refractivity contribution is 1.53. The Morgan fingerprint density at radius 2 is 1.94 bits per heavy atom. The number of nitrogens with zero attached hydrogens (tertiary/aromatic N) is 1. The molecular weight excluding hydrogens is 365 g/mol. The molecule has 0 aliphatic rings. The number of hydrogen-bond donors (Lipinski definition) is 0. The van der Waals surface area contributed by atoms with E-state index in [4.69, 9.17) is 11.6 Å². The molecule has 0 unspecified atom stereocenters. The van der Waals surface area contributed by atoms with Crippen molar-refractivity contribution in [3.63, 3.8) is 0 Å². The molecule has 0 fully saturated rings. The Hall–Kier alpha value is -0.830.